The van der Waals surface area contributed by atoms with Crippen LogP contribution in [-0.4, -0.2) is 64.5 Å². The van der Waals surface area contributed by atoms with Gasteiger partial charge in [-0.05, 0) is 79.5 Å². The van der Waals surface area contributed by atoms with Gasteiger partial charge in [0.15, 0.2) is 11.3 Å². The van der Waals surface area contributed by atoms with Gasteiger partial charge in [0.25, 0.3) is 0 Å². The lowest BCUT2D eigenvalue weighted by Crippen LogP contribution is -2.13. The molecule has 0 bridgehead atoms. The van der Waals surface area contributed by atoms with E-state index < -0.39 is 0 Å². The summed E-state index contributed by atoms with van der Waals surface area (Å²) in [5, 5.41) is 4.33. The van der Waals surface area contributed by atoms with Crippen LogP contribution in [0, 0.1) is 0 Å². The van der Waals surface area contributed by atoms with Crippen molar-refractivity contribution in [1.82, 2.24) is 58.1 Å². The highest BCUT2D eigenvalue weighted by Crippen LogP contribution is 2.30. The summed E-state index contributed by atoms with van der Waals surface area (Å²) in [5.74, 6) is 6.26. The van der Waals surface area contributed by atoms with Gasteiger partial charge in [0, 0.05) is 65.4 Å². The number of aliphatic imine (C=N–C) groups is 1. The lowest BCUT2D eigenvalue weighted by Gasteiger charge is -2.18. The second-order valence-corrected chi connectivity index (χ2v) is 17.7. The zero-order valence-corrected chi connectivity index (χ0v) is 38.8. The first-order valence-corrected chi connectivity index (χ1v) is 21.6. The van der Waals surface area contributed by atoms with Crippen molar-refractivity contribution in [3.63, 3.8) is 0 Å². The molecule has 0 aliphatic carbocycles. The van der Waals surface area contributed by atoms with Gasteiger partial charge < -0.3 is 23.6 Å². The second-order valence-electron chi connectivity index (χ2n) is 17.7. The number of hydrogen-bond donors (Lipinski definition) is 1. The molecule has 7 aromatic heterocycles. The number of anilines is 1. The molecule has 8 heterocycles. The van der Waals surface area contributed by atoms with E-state index in [2.05, 4.69) is 185 Å². The molecule has 0 atom stereocenters. The van der Waals surface area contributed by atoms with E-state index in [1.54, 1.807) is 25.2 Å². The number of hydrogen-bond acceptors (Lipinski definition) is 10. The fraction of sp³-hybridized carbons (Fsp3) is 0.543. The van der Waals surface area contributed by atoms with Gasteiger partial charge >= 0.3 is 0 Å². The summed E-state index contributed by atoms with van der Waals surface area (Å²) >= 11 is 0. The number of aromatic nitrogens is 12. The van der Waals surface area contributed by atoms with Crippen LogP contribution in [0.1, 0.15) is 187 Å². The summed E-state index contributed by atoms with van der Waals surface area (Å²) in [6.07, 6.45) is 10.4. The van der Waals surface area contributed by atoms with Crippen molar-refractivity contribution in [2.75, 3.05) is 5.32 Å². The maximum atomic E-state index is 4.66. The number of nitrogens with zero attached hydrogens (tertiary/aromatic N) is 13. The summed E-state index contributed by atoms with van der Waals surface area (Å²) < 4.78 is 8.97. The lowest BCUT2D eigenvalue weighted by atomic mass is 10.1. The first-order chi connectivity index (χ1) is 28.4. The van der Waals surface area contributed by atoms with Gasteiger partial charge in [-0.2, -0.15) is 0 Å². The number of pyridine rings is 1. The molecule has 14 nitrogen and oxygen atoms in total. The van der Waals surface area contributed by atoms with Crippen molar-refractivity contribution < 1.29 is 0 Å². The Morgan fingerprint density at radius 3 is 1.60 bits per heavy atom. The molecule has 60 heavy (non-hydrogen) atoms. The van der Waals surface area contributed by atoms with Crippen molar-refractivity contribution in [2.24, 2.45) is 4.99 Å². The van der Waals surface area contributed by atoms with E-state index >= 15 is 0 Å². The summed E-state index contributed by atoms with van der Waals surface area (Å²) in [5.41, 5.74) is 7.25. The monoisotopic (exact) mass is 817 g/mol. The molecule has 0 amide bonds. The summed E-state index contributed by atoms with van der Waals surface area (Å²) in [7, 11) is 0. The SMILES string of the molecule is CC(C)c1cc2cncnc2n1C(C)C.CC(C)c1nc2c(n1C(C)C)NC=NC2.CC(C)c1nc2cccnc2n1C(C)C.CC(C)c1nc2cncnc2n1C(C)C. The van der Waals surface area contributed by atoms with E-state index in [1.165, 1.54) is 5.69 Å². The van der Waals surface area contributed by atoms with Crippen LogP contribution < -0.4 is 5.32 Å². The molecule has 1 aliphatic heterocycles. The number of imidazole rings is 3. The van der Waals surface area contributed by atoms with E-state index in [1.807, 2.05) is 24.5 Å². The molecule has 1 N–H and O–H groups in total. The Morgan fingerprint density at radius 1 is 0.533 bits per heavy atom. The van der Waals surface area contributed by atoms with Crippen LogP contribution in [0.4, 0.5) is 5.82 Å². The van der Waals surface area contributed by atoms with Crippen molar-refractivity contribution in [3.05, 3.63) is 78.3 Å². The van der Waals surface area contributed by atoms with E-state index in [0.717, 1.165) is 62.3 Å². The average Bonchev–Trinajstić information content (AvgIpc) is 3.98. The van der Waals surface area contributed by atoms with Crippen LogP contribution in [0.25, 0.3) is 33.4 Å². The quantitative estimate of drug-likeness (QED) is 0.158. The Morgan fingerprint density at radius 2 is 1.05 bits per heavy atom. The molecule has 0 saturated heterocycles. The molecule has 0 fully saturated rings. The van der Waals surface area contributed by atoms with Gasteiger partial charge in [-0.25, -0.2) is 39.9 Å². The third-order valence-electron chi connectivity index (χ3n) is 10.1. The number of rotatable bonds is 8. The highest BCUT2D eigenvalue weighted by molar-refractivity contribution is 5.78. The highest BCUT2D eigenvalue weighted by Gasteiger charge is 2.22. The molecule has 0 radical (unpaired) electrons. The zero-order valence-electron chi connectivity index (χ0n) is 38.8. The minimum Gasteiger partial charge on any atom is -0.331 e. The molecule has 0 aromatic carbocycles. The molecule has 14 heteroatoms. The first-order valence-electron chi connectivity index (χ1n) is 21.6. The fourth-order valence-corrected chi connectivity index (χ4v) is 7.55. The Balaban J connectivity index is 0.000000152. The van der Waals surface area contributed by atoms with Gasteiger partial charge in [0.05, 0.1) is 19.1 Å². The predicted molar refractivity (Wildman–Crippen MR) is 246 cm³/mol. The van der Waals surface area contributed by atoms with Crippen LogP contribution in [0.15, 0.2) is 54.4 Å². The van der Waals surface area contributed by atoms with Crippen LogP contribution in [0.2, 0.25) is 0 Å². The molecule has 0 spiro atoms. The lowest BCUT2D eigenvalue weighted by molar-refractivity contribution is 0.556. The molecule has 0 unspecified atom stereocenters. The first kappa shape index (κ1) is 45.6. The largest absolute Gasteiger partial charge is 0.331 e. The molecule has 0 saturated carbocycles. The van der Waals surface area contributed by atoms with Gasteiger partial charge in [0.1, 0.15) is 58.3 Å². The van der Waals surface area contributed by atoms with Gasteiger partial charge in [-0.3, -0.25) is 4.99 Å². The Bertz CT molecular complexity index is 2270. The van der Waals surface area contributed by atoms with E-state index in [9.17, 15) is 0 Å². The summed E-state index contributed by atoms with van der Waals surface area (Å²) in [6.45, 7) is 35.5. The van der Waals surface area contributed by atoms with Gasteiger partial charge in [-0.1, -0.05) is 55.4 Å². The standard InChI is InChI=1S/2C12H17N3.C11H18N4.C11H16N4/c1-8(2)11-5-10-6-13-7-14-12(10)15(11)9(3)4;1-8(2)11-14-10-6-5-7-13-12(10)15(11)9(3)4;2*1-7(2)10-14-9-5-12-6-13-11(9)15(10)8(3)4/h2*5-9H,1-4H3;6-8H,5H2,1-4H3,(H,12,13);5-8H,1-4H3. The normalized spacial score (nSPS) is 12.5. The summed E-state index contributed by atoms with van der Waals surface area (Å²) in [4.78, 5) is 39.2. The Hall–Kier alpha value is -5.53. The molecule has 1 aliphatic rings. The van der Waals surface area contributed by atoms with E-state index in [4.69, 9.17) is 0 Å². The summed E-state index contributed by atoms with van der Waals surface area (Å²) in [6, 6.07) is 7.80. The van der Waals surface area contributed by atoms with Crippen molar-refractivity contribution in [1.29, 1.82) is 0 Å². The molecule has 8 rings (SSSR count). The Labute approximate surface area is 356 Å². The molecular weight excluding hydrogens is 749 g/mol. The smallest absolute Gasteiger partial charge is 0.163 e. The Kier molecular flexibility index (Phi) is 14.9. The molecule has 322 valence electrons. The third-order valence-corrected chi connectivity index (χ3v) is 10.1. The minimum absolute atomic E-state index is 0.377. The number of fused-ring (bicyclic) bond motifs is 4. The van der Waals surface area contributed by atoms with Crippen LogP contribution in [-0.2, 0) is 6.54 Å². The van der Waals surface area contributed by atoms with E-state index in [0.29, 0.717) is 54.4 Å². The fourth-order valence-electron chi connectivity index (χ4n) is 7.55. The van der Waals surface area contributed by atoms with Crippen molar-refractivity contribution in [3.8, 4) is 0 Å². The van der Waals surface area contributed by atoms with E-state index in [-0.39, 0.29) is 0 Å². The highest BCUT2D eigenvalue weighted by atomic mass is 15.2. The molecular formula is C46H68N14. The average molecular weight is 817 g/mol. The molecule has 7 aromatic rings. The van der Waals surface area contributed by atoms with Crippen molar-refractivity contribution in [2.45, 2.75) is 165 Å². The maximum Gasteiger partial charge on any atom is 0.163 e. The second kappa shape index (κ2) is 19.7. The zero-order chi connectivity index (χ0) is 44.0. The maximum absolute atomic E-state index is 4.66. The van der Waals surface area contributed by atoms with Crippen LogP contribution in [0.3, 0.4) is 0 Å². The van der Waals surface area contributed by atoms with Gasteiger partial charge in [-0.15, -0.1) is 0 Å². The minimum atomic E-state index is 0.377. The topological polar surface area (TPSA) is 147 Å². The number of nitrogens with one attached hydrogen (secondary N) is 1. The third kappa shape index (κ3) is 9.90. The van der Waals surface area contributed by atoms with Crippen LogP contribution in [0.5, 0.6) is 0 Å². The predicted octanol–water partition coefficient (Wildman–Crippen LogP) is 11.3. The van der Waals surface area contributed by atoms with Crippen molar-refractivity contribution >= 4 is 45.5 Å². The van der Waals surface area contributed by atoms with Crippen LogP contribution >= 0.6 is 0 Å². The van der Waals surface area contributed by atoms with Gasteiger partial charge in [0.2, 0.25) is 0 Å².